The number of furan rings is 1. The number of aromatic carboxylic acids is 1. The maximum atomic E-state index is 10.8. The van der Waals surface area contributed by atoms with Gasteiger partial charge in [-0.15, -0.1) is 0 Å². The Hall–Kier alpha value is -2.11. The number of aryl methyl sites for hydroxylation is 1. The molecule has 5 heteroatoms. The monoisotopic (exact) mass is 275 g/mol. The number of benzene rings is 1. The van der Waals surface area contributed by atoms with E-state index < -0.39 is 5.97 Å². The van der Waals surface area contributed by atoms with Crippen LogP contribution >= 0.6 is 0 Å². The van der Waals surface area contributed by atoms with Gasteiger partial charge in [0.25, 0.3) is 0 Å². The molecule has 0 aliphatic carbocycles. The number of hydrogen-bond donors (Lipinski definition) is 3. The smallest absolute Gasteiger partial charge is 0.371 e. The van der Waals surface area contributed by atoms with Crippen LogP contribution in [0.3, 0.4) is 0 Å². The number of aliphatic hydroxyl groups excluding tert-OH is 1. The third-order valence-corrected chi connectivity index (χ3v) is 3.08. The van der Waals surface area contributed by atoms with Crippen LogP contribution in [0, 0.1) is 6.92 Å². The standard InChI is InChI=1S/C15H17NO4/c1-10-13(6-14(20-10)15(18)19)8-16-7-11-2-4-12(9-17)5-3-11/h2-6,16-17H,7-9H2,1H3,(H,18,19). The molecule has 1 heterocycles. The first kappa shape index (κ1) is 14.3. The van der Waals surface area contributed by atoms with Gasteiger partial charge < -0.3 is 19.9 Å². The molecule has 0 fully saturated rings. The molecule has 2 aromatic rings. The largest absolute Gasteiger partial charge is 0.475 e. The number of carbonyl (C=O) groups is 1. The first-order valence-corrected chi connectivity index (χ1v) is 6.32. The highest BCUT2D eigenvalue weighted by atomic mass is 16.4. The zero-order chi connectivity index (χ0) is 14.5. The lowest BCUT2D eigenvalue weighted by molar-refractivity contribution is 0.0661. The molecule has 0 radical (unpaired) electrons. The normalized spacial score (nSPS) is 10.7. The van der Waals surface area contributed by atoms with Crippen molar-refractivity contribution in [1.82, 2.24) is 5.32 Å². The third kappa shape index (κ3) is 3.46. The summed E-state index contributed by atoms with van der Waals surface area (Å²) in [5.41, 5.74) is 2.82. The fourth-order valence-electron chi connectivity index (χ4n) is 1.90. The molecule has 20 heavy (non-hydrogen) atoms. The average Bonchev–Trinajstić information content (AvgIpc) is 2.81. The molecule has 106 valence electrons. The highest BCUT2D eigenvalue weighted by molar-refractivity contribution is 5.84. The second kappa shape index (κ2) is 6.36. The van der Waals surface area contributed by atoms with Crippen LogP contribution < -0.4 is 5.32 Å². The summed E-state index contributed by atoms with van der Waals surface area (Å²) < 4.78 is 5.14. The van der Waals surface area contributed by atoms with Crippen LogP contribution in [-0.2, 0) is 19.7 Å². The zero-order valence-corrected chi connectivity index (χ0v) is 11.2. The molecule has 0 amide bonds. The predicted molar refractivity (Wildman–Crippen MR) is 73.3 cm³/mol. The summed E-state index contributed by atoms with van der Waals surface area (Å²) in [6, 6.07) is 9.19. The van der Waals surface area contributed by atoms with E-state index in [1.54, 1.807) is 13.0 Å². The third-order valence-electron chi connectivity index (χ3n) is 3.08. The fourth-order valence-corrected chi connectivity index (χ4v) is 1.90. The molecule has 0 spiro atoms. The van der Waals surface area contributed by atoms with Gasteiger partial charge >= 0.3 is 5.97 Å². The molecule has 1 aromatic carbocycles. The maximum absolute atomic E-state index is 10.8. The average molecular weight is 275 g/mol. The predicted octanol–water partition coefficient (Wildman–Crippen LogP) is 2.07. The van der Waals surface area contributed by atoms with E-state index in [0.29, 0.717) is 18.8 Å². The fraction of sp³-hybridized carbons (Fsp3) is 0.267. The van der Waals surface area contributed by atoms with E-state index in [-0.39, 0.29) is 12.4 Å². The van der Waals surface area contributed by atoms with Gasteiger partial charge in [-0.25, -0.2) is 4.79 Å². The van der Waals surface area contributed by atoms with Crippen molar-refractivity contribution in [3.63, 3.8) is 0 Å². The molecular weight excluding hydrogens is 258 g/mol. The molecular formula is C15H17NO4. The maximum Gasteiger partial charge on any atom is 0.371 e. The van der Waals surface area contributed by atoms with Crippen molar-refractivity contribution in [2.45, 2.75) is 26.6 Å². The van der Waals surface area contributed by atoms with Crippen LogP contribution in [-0.4, -0.2) is 16.2 Å². The Bertz CT molecular complexity index is 586. The van der Waals surface area contributed by atoms with E-state index in [2.05, 4.69) is 5.32 Å². The lowest BCUT2D eigenvalue weighted by Crippen LogP contribution is -2.12. The quantitative estimate of drug-likeness (QED) is 0.751. The Labute approximate surface area is 116 Å². The lowest BCUT2D eigenvalue weighted by Gasteiger charge is -2.05. The highest BCUT2D eigenvalue weighted by Gasteiger charge is 2.12. The Kier molecular flexibility index (Phi) is 4.55. The minimum absolute atomic E-state index is 0.0356. The number of carboxylic acids is 1. The molecule has 0 aliphatic heterocycles. The van der Waals surface area contributed by atoms with Gasteiger partial charge in [0, 0.05) is 18.7 Å². The lowest BCUT2D eigenvalue weighted by atomic mass is 10.1. The number of carboxylic acid groups (broad SMARTS) is 1. The number of rotatable bonds is 6. The first-order valence-electron chi connectivity index (χ1n) is 6.32. The van der Waals surface area contributed by atoms with E-state index >= 15 is 0 Å². The Morgan fingerprint density at radius 3 is 2.40 bits per heavy atom. The summed E-state index contributed by atoms with van der Waals surface area (Å²) >= 11 is 0. The van der Waals surface area contributed by atoms with Gasteiger partial charge in [-0.2, -0.15) is 0 Å². The molecule has 0 bridgehead atoms. The Morgan fingerprint density at radius 1 is 1.20 bits per heavy atom. The van der Waals surface area contributed by atoms with Crippen LogP contribution in [0.4, 0.5) is 0 Å². The topological polar surface area (TPSA) is 82.7 Å². The number of aliphatic hydroxyl groups is 1. The summed E-state index contributed by atoms with van der Waals surface area (Å²) in [4.78, 5) is 10.8. The van der Waals surface area contributed by atoms with E-state index in [4.69, 9.17) is 14.6 Å². The molecule has 2 rings (SSSR count). The molecule has 0 saturated heterocycles. The molecule has 0 unspecified atom stereocenters. The SMILES string of the molecule is Cc1oc(C(=O)O)cc1CNCc1ccc(CO)cc1. The van der Waals surface area contributed by atoms with Gasteiger partial charge in [-0.3, -0.25) is 0 Å². The minimum Gasteiger partial charge on any atom is -0.475 e. The van der Waals surface area contributed by atoms with Crippen LogP contribution in [0.1, 0.15) is 33.0 Å². The highest BCUT2D eigenvalue weighted by Crippen LogP contribution is 2.14. The van der Waals surface area contributed by atoms with Crippen LogP contribution in [0.25, 0.3) is 0 Å². The number of hydrogen-bond acceptors (Lipinski definition) is 4. The summed E-state index contributed by atoms with van der Waals surface area (Å²) in [5.74, 6) is -0.476. The molecule has 1 aromatic heterocycles. The number of nitrogens with one attached hydrogen (secondary N) is 1. The minimum atomic E-state index is -1.06. The summed E-state index contributed by atoms with van der Waals surface area (Å²) in [6.45, 7) is 3.00. The van der Waals surface area contributed by atoms with E-state index in [9.17, 15) is 4.79 Å². The van der Waals surface area contributed by atoms with Crippen LogP contribution in [0.5, 0.6) is 0 Å². The van der Waals surface area contributed by atoms with E-state index in [0.717, 1.165) is 16.7 Å². The molecule has 0 aliphatic rings. The van der Waals surface area contributed by atoms with Gasteiger partial charge in [0.1, 0.15) is 5.76 Å². The van der Waals surface area contributed by atoms with Crippen molar-refractivity contribution >= 4 is 5.97 Å². The van der Waals surface area contributed by atoms with Crippen molar-refractivity contribution in [3.8, 4) is 0 Å². The molecule has 0 atom stereocenters. The van der Waals surface area contributed by atoms with Crippen molar-refractivity contribution in [2.75, 3.05) is 0 Å². The Morgan fingerprint density at radius 2 is 1.85 bits per heavy atom. The Balaban J connectivity index is 1.90. The van der Waals surface area contributed by atoms with Gasteiger partial charge in [0.2, 0.25) is 5.76 Å². The molecule has 0 saturated carbocycles. The van der Waals surface area contributed by atoms with Crippen LogP contribution in [0.2, 0.25) is 0 Å². The van der Waals surface area contributed by atoms with Crippen LogP contribution in [0.15, 0.2) is 34.7 Å². The van der Waals surface area contributed by atoms with Gasteiger partial charge in [0.15, 0.2) is 0 Å². The van der Waals surface area contributed by atoms with Gasteiger partial charge in [-0.1, -0.05) is 24.3 Å². The molecule has 3 N–H and O–H groups in total. The van der Waals surface area contributed by atoms with Crippen molar-refractivity contribution in [3.05, 3.63) is 58.5 Å². The first-order chi connectivity index (χ1) is 9.60. The van der Waals surface area contributed by atoms with Gasteiger partial charge in [0.05, 0.1) is 6.61 Å². The van der Waals surface area contributed by atoms with E-state index in [1.807, 2.05) is 24.3 Å². The van der Waals surface area contributed by atoms with Gasteiger partial charge in [-0.05, 0) is 24.1 Å². The second-order valence-corrected chi connectivity index (χ2v) is 4.58. The van der Waals surface area contributed by atoms with Crippen molar-refractivity contribution < 1.29 is 19.4 Å². The summed E-state index contributed by atoms with van der Waals surface area (Å²) in [6.07, 6.45) is 0. The summed E-state index contributed by atoms with van der Waals surface area (Å²) in [5, 5.41) is 21.0. The van der Waals surface area contributed by atoms with Crippen molar-refractivity contribution in [1.29, 1.82) is 0 Å². The summed E-state index contributed by atoms with van der Waals surface area (Å²) in [7, 11) is 0. The van der Waals surface area contributed by atoms with E-state index in [1.165, 1.54) is 0 Å². The second-order valence-electron chi connectivity index (χ2n) is 4.58. The molecule has 5 nitrogen and oxygen atoms in total. The zero-order valence-electron chi connectivity index (χ0n) is 11.2. The van der Waals surface area contributed by atoms with Crippen molar-refractivity contribution in [2.24, 2.45) is 0 Å².